The maximum atomic E-state index is 6.15. The molecule has 0 bridgehead atoms. The third kappa shape index (κ3) is 5.56. The molecule has 0 aliphatic heterocycles. The van der Waals surface area contributed by atoms with Crippen molar-refractivity contribution < 1.29 is 0 Å². The molecule has 0 saturated carbocycles. The molecule has 0 aliphatic carbocycles. The summed E-state index contributed by atoms with van der Waals surface area (Å²) < 4.78 is 0. The molecule has 1 aromatic rings. The standard InChI is InChI=1S/C15H24ClN/c1-2-3-4-5-6-7-12-15(17)13-10-8-9-11-14(13)16/h8-11,15H,2-7,12,17H2,1H3. The Kier molecular flexibility index (Phi) is 7.30. The first kappa shape index (κ1) is 14.5. The highest BCUT2D eigenvalue weighted by atomic mass is 35.5. The molecule has 96 valence electrons. The summed E-state index contributed by atoms with van der Waals surface area (Å²) in [5.41, 5.74) is 7.24. The van der Waals surface area contributed by atoms with Gasteiger partial charge in [0.25, 0.3) is 0 Å². The number of hydrogen-bond acceptors (Lipinski definition) is 1. The zero-order valence-corrected chi connectivity index (χ0v) is 11.5. The molecule has 1 rings (SSSR count). The van der Waals surface area contributed by atoms with Crippen LogP contribution in [-0.4, -0.2) is 0 Å². The van der Waals surface area contributed by atoms with E-state index in [-0.39, 0.29) is 6.04 Å². The topological polar surface area (TPSA) is 26.0 Å². The summed E-state index contributed by atoms with van der Waals surface area (Å²) in [6, 6.07) is 7.99. The normalized spacial score (nSPS) is 12.6. The molecule has 1 unspecified atom stereocenters. The maximum absolute atomic E-state index is 6.15. The monoisotopic (exact) mass is 253 g/mol. The van der Waals surface area contributed by atoms with Gasteiger partial charge in [-0.15, -0.1) is 0 Å². The Morgan fingerprint density at radius 1 is 1.06 bits per heavy atom. The predicted molar refractivity (Wildman–Crippen MR) is 76.4 cm³/mol. The highest BCUT2D eigenvalue weighted by Gasteiger charge is 2.08. The van der Waals surface area contributed by atoms with Gasteiger partial charge in [-0.2, -0.15) is 0 Å². The highest BCUT2D eigenvalue weighted by Crippen LogP contribution is 2.24. The van der Waals surface area contributed by atoms with Crippen LogP contribution >= 0.6 is 11.6 Å². The van der Waals surface area contributed by atoms with Crippen LogP contribution in [0.15, 0.2) is 24.3 Å². The van der Waals surface area contributed by atoms with Crippen molar-refractivity contribution in [3.05, 3.63) is 34.9 Å². The average Bonchev–Trinajstić information content (AvgIpc) is 2.34. The van der Waals surface area contributed by atoms with Gasteiger partial charge in [-0.25, -0.2) is 0 Å². The molecule has 17 heavy (non-hydrogen) atoms. The largest absolute Gasteiger partial charge is 0.324 e. The SMILES string of the molecule is CCCCCCCCC(N)c1ccccc1Cl. The third-order valence-corrected chi connectivity index (χ3v) is 3.52. The van der Waals surface area contributed by atoms with Crippen molar-refractivity contribution in [1.82, 2.24) is 0 Å². The summed E-state index contributed by atoms with van der Waals surface area (Å²) in [6.07, 6.45) is 8.89. The lowest BCUT2D eigenvalue weighted by atomic mass is 10.0. The highest BCUT2D eigenvalue weighted by molar-refractivity contribution is 6.31. The minimum absolute atomic E-state index is 0.0925. The zero-order chi connectivity index (χ0) is 12.5. The van der Waals surface area contributed by atoms with E-state index >= 15 is 0 Å². The van der Waals surface area contributed by atoms with Crippen molar-refractivity contribution in [3.63, 3.8) is 0 Å². The summed E-state index contributed by atoms with van der Waals surface area (Å²) in [7, 11) is 0. The van der Waals surface area contributed by atoms with E-state index in [0.717, 1.165) is 17.0 Å². The first-order valence-corrected chi connectivity index (χ1v) is 7.13. The Bertz CT molecular complexity index is 312. The molecular formula is C15H24ClN. The molecule has 0 spiro atoms. The van der Waals surface area contributed by atoms with Crippen LogP contribution in [0.2, 0.25) is 5.02 Å². The van der Waals surface area contributed by atoms with E-state index < -0.39 is 0 Å². The fourth-order valence-electron chi connectivity index (χ4n) is 2.08. The van der Waals surface area contributed by atoms with Crippen molar-refractivity contribution in [2.45, 2.75) is 57.9 Å². The van der Waals surface area contributed by atoms with Gasteiger partial charge in [0.15, 0.2) is 0 Å². The van der Waals surface area contributed by atoms with Crippen molar-refractivity contribution in [2.24, 2.45) is 5.73 Å². The molecule has 0 saturated heterocycles. The van der Waals surface area contributed by atoms with Crippen LogP contribution in [0.5, 0.6) is 0 Å². The Morgan fingerprint density at radius 2 is 1.71 bits per heavy atom. The van der Waals surface area contributed by atoms with E-state index in [9.17, 15) is 0 Å². The number of hydrogen-bond donors (Lipinski definition) is 1. The van der Waals surface area contributed by atoms with E-state index in [0.29, 0.717) is 0 Å². The predicted octanol–water partition coefficient (Wildman–Crippen LogP) is 5.09. The van der Waals surface area contributed by atoms with Crippen LogP contribution in [0, 0.1) is 0 Å². The Balaban J connectivity index is 2.21. The fraction of sp³-hybridized carbons (Fsp3) is 0.600. The zero-order valence-electron chi connectivity index (χ0n) is 10.8. The van der Waals surface area contributed by atoms with Gasteiger partial charge in [0.1, 0.15) is 0 Å². The Morgan fingerprint density at radius 3 is 2.41 bits per heavy atom. The van der Waals surface area contributed by atoms with Gasteiger partial charge in [-0.3, -0.25) is 0 Å². The summed E-state index contributed by atoms with van der Waals surface area (Å²) in [6.45, 7) is 2.24. The molecule has 1 aromatic carbocycles. The Hall–Kier alpha value is -0.530. The van der Waals surface area contributed by atoms with E-state index in [1.54, 1.807) is 0 Å². The second kappa shape index (κ2) is 8.54. The minimum Gasteiger partial charge on any atom is -0.324 e. The molecule has 0 aromatic heterocycles. The van der Waals surface area contributed by atoms with Gasteiger partial charge in [-0.1, -0.05) is 75.2 Å². The maximum Gasteiger partial charge on any atom is 0.0453 e. The molecule has 2 heteroatoms. The lowest BCUT2D eigenvalue weighted by Crippen LogP contribution is -2.10. The fourth-order valence-corrected chi connectivity index (χ4v) is 2.35. The molecular weight excluding hydrogens is 230 g/mol. The minimum atomic E-state index is 0.0925. The van der Waals surface area contributed by atoms with E-state index in [2.05, 4.69) is 6.92 Å². The molecule has 1 atom stereocenters. The van der Waals surface area contributed by atoms with Gasteiger partial charge >= 0.3 is 0 Å². The van der Waals surface area contributed by atoms with Crippen LogP contribution in [0.1, 0.15) is 63.5 Å². The first-order valence-electron chi connectivity index (χ1n) is 6.75. The van der Waals surface area contributed by atoms with E-state index in [1.807, 2.05) is 24.3 Å². The van der Waals surface area contributed by atoms with Crippen LogP contribution in [0.3, 0.4) is 0 Å². The third-order valence-electron chi connectivity index (χ3n) is 3.17. The molecule has 2 N–H and O–H groups in total. The molecule has 0 fully saturated rings. The summed E-state index contributed by atoms with van der Waals surface area (Å²) in [4.78, 5) is 0. The second-order valence-electron chi connectivity index (χ2n) is 4.68. The number of halogens is 1. The molecule has 0 heterocycles. The van der Waals surface area contributed by atoms with Crippen LogP contribution in [0.4, 0.5) is 0 Å². The summed E-state index contributed by atoms with van der Waals surface area (Å²) in [5.74, 6) is 0. The van der Waals surface area contributed by atoms with E-state index in [1.165, 1.54) is 38.5 Å². The summed E-state index contributed by atoms with van der Waals surface area (Å²) in [5, 5.41) is 0.797. The lowest BCUT2D eigenvalue weighted by Gasteiger charge is -2.13. The van der Waals surface area contributed by atoms with Crippen molar-refractivity contribution in [1.29, 1.82) is 0 Å². The second-order valence-corrected chi connectivity index (χ2v) is 5.09. The van der Waals surface area contributed by atoms with E-state index in [4.69, 9.17) is 17.3 Å². The van der Waals surface area contributed by atoms with Crippen LogP contribution < -0.4 is 5.73 Å². The molecule has 0 aliphatic rings. The van der Waals surface area contributed by atoms with Gasteiger partial charge in [-0.05, 0) is 18.1 Å². The molecule has 1 nitrogen and oxygen atoms in total. The number of rotatable bonds is 8. The number of nitrogens with two attached hydrogens (primary N) is 1. The van der Waals surface area contributed by atoms with Crippen molar-refractivity contribution >= 4 is 11.6 Å². The van der Waals surface area contributed by atoms with Gasteiger partial charge in [0.05, 0.1) is 0 Å². The van der Waals surface area contributed by atoms with Crippen molar-refractivity contribution in [2.75, 3.05) is 0 Å². The quantitative estimate of drug-likeness (QED) is 0.642. The average molecular weight is 254 g/mol. The van der Waals surface area contributed by atoms with Gasteiger partial charge in [0, 0.05) is 11.1 Å². The Labute approximate surface area is 110 Å². The molecule has 0 radical (unpaired) electrons. The van der Waals surface area contributed by atoms with Gasteiger partial charge < -0.3 is 5.73 Å². The number of benzene rings is 1. The van der Waals surface area contributed by atoms with Gasteiger partial charge in [0.2, 0.25) is 0 Å². The van der Waals surface area contributed by atoms with Crippen LogP contribution in [-0.2, 0) is 0 Å². The van der Waals surface area contributed by atoms with Crippen molar-refractivity contribution in [3.8, 4) is 0 Å². The summed E-state index contributed by atoms with van der Waals surface area (Å²) >= 11 is 6.12. The smallest absolute Gasteiger partial charge is 0.0453 e. The van der Waals surface area contributed by atoms with Crippen LogP contribution in [0.25, 0.3) is 0 Å². The molecule has 0 amide bonds. The number of unbranched alkanes of at least 4 members (excludes halogenated alkanes) is 5. The lowest BCUT2D eigenvalue weighted by molar-refractivity contribution is 0.547. The first-order chi connectivity index (χ1) is 8.25.